The van der Waals surface area contributed by atoms with Crippen molar-refractivity contribution >= 4 is 11.6 Å². The highest BCUT2D eigenvalue weighted by molar-refractivity contribution is 6.32. The highest BCUT2D eigenvalue weighted by Gasteiger charge is 2.24. The summed E-state index contributed by atoms with van der Waals surface area (Å²) in [5, 5.41) is 9.86. The first-order chi connectivity index (χ1) is 8.56. The van der Waals surface area contributed by atoms with Crippen LogP contribution in [-0.2, 0) is 6.54 Å². The van der Waals surface area contributed by atoms with Gasteiger partial charge in [0, 0.05) is 19.1 Å². The average molecular weight is 269 g/mol. The summed E-state index contributed by atoms with van der Waals surface area (Å²) in [6.45, 7) is 3.17. The van der Waals surface area contributed by atoms with E-state index >= 15 is 0 Å². The third-order valence-electron chi connectivity index (χ3n) is 3.47. The molecule has 1 saturated heterocycles. The van der Waals surface area contributed by atoms with Crippen molar-refractivity contribution in [3.05, 3.63) is 28.8 Å². The van der Waals surface area contributed by atoms with E-state index in [1.54, 1.807) is 6.07 Å². The predicted octanol–water partition coefficient (Wildman–Crippen LogP) is 2.57. The zero-order chi connectivity index (χ0) is 13.1. The van der Waals surface area contributed by atoms with E-state index in [-0.39, 0.29) is 5.75 Å². The maximum absolute atomic E-state index is 9.42. The van der Waals surface area contributed by atoms with Crippen LogP contribution in [-0.4, -0.2) is 48.1 Å². The molecule has 1 N–H and O–H groups in total. The lowest BCUT2D eigenvalue weighted by Gasteiger charge is -2.27. The normalized spacial score (nSPS) is 20.8. The van der Waals surface area contributed by atoms with Crippen molar-refractivity contribution in [2.45, 2.75) is 25.4 Å². The van der Waals surface area contributed by atoms with Gasteiger partial charge in [-0.15, -0.1) is 0 Å². The van der Waals surface area contributed by atoms with Crippen LogP contribution < -0.4 is 0 Å². The summed E-state index contributed by atoms with van der Waals surface area (Å²) in [5.41, 5.74) is 1.17. The van der Waals surface area contributed by atoms with Crippen LogP contribution in [0.15, 0.2) is 18.2 Å². The first-order valence-corrected chi connectivity index (χ1v) is 6.80. The van der Waals surface area contributed by atoms with Crippen molar-refractivity contribution in [1.82, 2.24) is 9.80 Å². The summed E-state index contributed by atoms with van der Waals surface area (Å²) in [7, 11) is 4.24. The molecule has 1 fully saturated rings. The number of benzene rings is 1. The van der Waals surface area contributed by atoms with Crippen molar-refractivity contribution in [2.75, 3.05) is 27.2 Å². The molecule has 0 amide bonds. The summed E-state index contributed by atoms with van der Waals surface area (Å²) < 4.78 is 0. The lowest BCUT2D eigenvalue weighted by molar-refractivity contribution is 0.201. The fourth-order valence-corrected chi connectivity index (χ4v) is 2.82. The predicted molar refractivity (Wildman–Crippen MR) is 75.1 cm³/mol. The fraction of sp³-hybridized carbons (Fsp3) is 0.571. The maximum atomic E-state index is 9.42. The molecule has 100 valence electrons. The van der Waals surface area contributed by atoms with E-state index in [4.69, 9.17) is 11.6 Å². The van der Waals surface area contributed by atoms with E-state index in [0.717, 1.165) is 19.6 Å². The zero-order valence-corrected chi connectivity index (χ0v) is 11.8. The van der Waals surface area contributed by atoms with E-state index in [2.05, 4.69) is 23.9 Å². The van der Waals surface area contributed by atoms with Crippen LogP contribution in [0.4, 0.5) is 0 Å². The number of aromatic hydroxyl groups is 1. The average Bonchev–Trinajstić information content (AvgIpc) is 2.70. The van der Waals surface area contributed by atoms with Gasteiger partial charge in [0.1, 0.15) is 5.75 Å². The Hall–Kier alpha value is -0.770. The third-order valence-corrected chi connectivity index (χ3v) is 3.78. The molecule has 1 heterocycles. The standard InChI is InChI=1S/C14H21ClN2O/c1-16(2)10-12-4-3-7-17(12)9-11-5-6-14(18)13(15)8-11/h5-6,8,12,18H,3-4,7,9-10H2,1-2H3. The van der Waals surface area contributed by atoms with Crippen LogP contribution in [0.1, 0.15) is 18.4 Å². The van der Waals surface area contributed by atoms with Gasteiger partial charge in [-0.05, 0) is 51.2 Å². The van der Waals surface area contributed by atoms with Gasteiger partial charge >= 0.3 is 0 Å². The Balaban J connectivity index is 2.01. The number of rotatable bonds is 4. The Labute approximate surface area is 114 Å². The lowest BCUT2D eigenvalue weighted by Crippen LogP contribution is -2.37. The number of halogens is 1. The second-order valence-corrected chi connectivity index (χ2v) is 5.72. The Kier molecular flexibility index (Phi) is 4.49. The topological polar surface area (TPSA) is 26.7 Å². The largest absolute Gasteiger partial charge is 0.506 e. The third kappa shape index (κ3) is 3.37. The van der Waals surface area contributed by atoms with Gasteiger partial charge in [-0.3, -0.25) is 4.90 Å². The van der Waals surface area contributed by atoms with Crippen LogP contribution >= 0.6 is 11.6 Å². The van der Waals surface area contributed by atoms with Gasteiger partial charge < -0.3 is 10.0 Å². The van der Waals surface area contributed by atoms with Crippen molar-refractivity contribution in [1.29, 1.82) is 0 Å². The van der Waals surface area contributed by atoms with Crippen molar-refractivity contribution in [3.8, 4) is 5.75 Å². The Morgan fingerprint density at radius 3 is 2.89 bits per heavy atom. The number of likely N-dealkylation sites (N-methyl/N-ethyl adjacent to an activating group) is 1. The van der Waals surface area contributed by atoms with E-state index in [0.29, 0.717) is 11.1 Å². The second kappa shape index (κ2) is 5.91. The lowest BCUT2D eigenvalue weighted by atomic mass is 10.1. The van der Waals surface area contributed by atoms with E-state index < -0.39 is 0 Å². The van der Waals surface area contributed by atoms with Gasteiger partial charge in [-0.2, -0.15) is 0 Å². The molecule has 4 heteroatoms. The molecule has 3 nitrogen and oxygen atoms in total. The second-order valence-electron chi connectivity index (χ2n) is 5.31. The molecular formula is C14H21ClN2O. The van der Waals surface area contributed by atoms with Crippen molar-refractivity contribution in [3.63, 3.8) is 0 Å². The first-order valence-electron chi connectivity index (χ1n) is 6.42. The van der Waals surface area contributed by atoms with Gasteiger partial charge in [0.05, 0.1) is 5.02 Å². The summed E-state index contributed by atoms with van der Waals surface area (Å²) >= 11 is 5.94. The van der Waals surface area contributed by atoms with Crippen molar-refractivity contribution in [2.24, 2.45) is 0 Å². The van der Waals surface area contributed by atoms with E-state index in [1.807, 2.05) is 12.1 Å². The smallest absolute Gasteiger partial charge is 0.134 e. The molecule has 0 aromatic heterocycles. The molecule has 1 aliphatic rings. The monoisotopic (exact) mass is 268 g/mol. The molecule has 2 rings (SSSR count). The minimum absolute atomic E-state index is 0.159. The summed E-state index contributed by atoms with van der Waals surface area (Å²) in [6, 6.07) is 6.12. The van der Waals surface area contributed by atoms with Crippen LogP contribution in [0.3, 0.4) is 0 Å². The summed E-state index contributed by atoms with van der Waals surface area (Å²) in [4.78, 5) is 4.75. The zero-order valence-electron chi connectivity index (χ0n) is 11.1. The first kappa shape index (κ1) is 13.7. The molecule has 0 aliphatic carbocycles. The molecule has 0 spiro atoms. The Bertz CT molecular complexity index is 409. The van der Waals surface area contributed by atoms with E-state index in [9.17, 15) is 5.11 Å². The number of hydrogen-bond acceptors (Lipinski definition) is 3. The summed E-state index contributed by atoms with van der Waals surface area (Å²) in [6.07, 6.45) is 2.54. The number of likely N-dealkylation sites (tertiary alicyclic amines) is 1. The van der Waals surface area contributed by atoms with Gasteiger partial charge in [0.15, 0.2) is 0 Å². The maximum Gasteiger partial charge on any atom is 0.134 e. The van der Waals surface area contributed by atoms with Crippen LogP contribution in [0.25, 0.3) is 0 Å². The van der Waals surface area contributed by atoms with Crippen LogP contribution in [0.5, 0.6) is 5.75 Å². The number of hydrogen-bond donors (Lipinski definition) is 1. The molecule has 1 atom stereocenters. The SMILES string of the molecule is CN(C)CC1CCCN1Cc1ccc(O)c(Cl)c1. The Morgan fingerprint density at radius 1 is 1.44 bits per heavy atom. The van der Waals surface area contributed by atoms with Crippen molar-refractivity contribution < 1.29 is 5.11 Å². The molecular weight excluding hydrogens is 248 g/mol. The van der Waals surface area contributed by atoms with Gasteiger partial charge in [-0.25, -0.2) is 0 Å². The number of nitrogens with zero attached hydrogens (tertiary/aromatic N) is 2. The highest BCUT2D eigenvalue weighted by atomic mass is 35.5. The molecule has 0 radical (unpaired) electrons. The molecule has 1 aromatic carbocycles. The molecule has 1 aliphatic heterocycles. The minimum atomic E-state index is 0.159. The highest BCUT2D eigenvalue weighted by Crippen LogP contribution is 2.26. The quantitative estimate of drug-likeness (QED) is 0.909. The Morgan fingerprint density at radius 2 is 2.22 bits per heavy atom. The van der Waals surface area contributed by atoms with Gasteiger partial charge in [0.2, 0.25) is 0 Å². The molecule has 1 aromatic rings. The molecule has 1 unspecified atom stereocenters. The fourth-order valence-electron chi connectivity index (χ4n) is 2.61. The summed E-state index contributed by atoms with van der Waals surface area (Å²) in [5.74, 6) is 0.159. The minimum Gasteiger partial charge on any atom is -0.506 e. The molecule has 0 bridgehead atoms. The molecule has 0 saturated carbocycles. The number of phenolic OH excluding ortho intramolecular Hbond substituents is 1. The van der Waals surface area contributed by atoms with Crippen LogP contribution in [0, 0.1) is 0 Å². The van der Waals surface area contributed by atoms with E-state index in [1.165, 1.54) is 18.4 Å². The molecule has 18 heavy (non-hydrogen) atoms. The number of phenols is 1. The van der Waals surface area contributed by atoms with Gasteiger partial charge in [0.25, 0.3) is 0 Å². The van der Waals surface area contributed by atoms with Gasteiger partial charge in [-0.1, -0.05) is 17.7 Å². The van der Waals surface area contributed by atoms with Crippen LogP contribution in [0.2, 0.25) is 5.02 Å².